The van der Waals surface area contributed by atoms with E-state index in [4.69, 9.17) is 21.7 Å². The lowest BCUT2D eigenvalue weighted by Crippen LogP contribution is -2.42. The van der Waals surface area contributed by atoms with Crippen LogP contribution in [0, 0.1) is 0 Å². The quantitative estimate of drug-likeness (QED) is 0.813. The van der Waals surface area contributed by atoms with Gasteiger partial charge in [0.15, 0.2) is 0 Å². The highest BCUT2D eigenvalue weighted by molar-refractivity contribution is 6.30. The van der Waals surface area contributed by atoms with E-state index in [0.29, 0.717) is 5.02 Å². The van der Waals surface area contributed by atoms with Gasteiger partial charge in [-0.2, -0.15) is 0 Å². The minimum absolute atomic E-state index is 0.170. The second kappa shape index (κ2) is 7.73. The van der Waals surface area contributed by atoms with E-state index < -0.39 is 0 Å². The number of halogens is 1. The van der Waals surface area contributed by atoms with E-state index in [2.05, 4.69) is 9.88 Å². The van der Waals surface area contributed by atoms with Gasteiger partial charge in [0.1, 0.15) is 11.5 Å². The summed E-state index contributed by atoms with van der Waals surface area (Å²) in [5.74, 6) is 1.44. The lowest BCUT2D eigenvalue weighted by molar-refractivity contribution is 0.124. The van der Waals surface area contributed by atoms with Crippen LogP contribution in [0.5, 0.6) is 11.5 Å². The molecular formula is C20H23ClN3O. The van der Waals surface area contributed by atoms with Crippen LogP contribution in [0.25, 0.3) is 0 Å². The summed E-state index contributed by atoms with van der Waals surface area (Å²) in [6.45, 7) is 3.09. The maximum atomic E-state index is 6.00. The van der Waals surface area contributed by atoms with E-state index in [-0.39, 0.29) is 6.04 Å². The number of benzene rings is 1. The molecule has 2 fully saturated rings. The van der Waals surface area contributed by atoms with Gasteiger partial charge in [-0.05, 0) is 56.1 Å². The van der Waals surface area contributed by atoms with Gasteiger partial charge in [-0.3, -0.25) is 9.88 Å². The molecule has 1 aromatic heterocycles. The largest absolute Gasteiger partial charge is 0.456 e. The standard InChI is InChI=1S/C20H23ClN3O/c21-15-4-1-7-17(12-15)25-18-8-9-19(23-13-18)20-14-24(11-3-10-22-20)16-5-2-6-16/h1,4,7-9,12-13,16,20H,2-3,5-6,10-11,14H2. The van der Waals surface area contributed by atoms with Gasteiger partial charge in [0.25, 0.3) is 0 Å². The summed E-state index contributed by atoms with van der Waals surface area (Å²) < 4.78 is 5.82. The Balaban J connectivity index is 1.43. The summed E-state index contributed by atoms with van der Waals surface area (Å²) in [7, 11) is 0. The SMILES string of the molecule is Clc1cccc(Oc2ccc(C3CN(C4CCC4)CCC[N]3)nc2)c1. The first-order valence-corrected chi connectivity index (χ1v) is 9.46. The van der Waals surface area contributed by atoms with Crippen molar-refractivity contribution in [1.82, 2.24) is 15.2 Å². The molecule has 0 spiro atoms. The summed E-state index contributed by atoms with van der Waals surface area (Å²) >= 11 is 6.00. The number of ether oxygens (including phenoxy) is 1. The Morgan fingerprint density at radius 3 is 2.72 bits per heavy atom. The first kappa shape index (κ1) is 16.8. The van der Waals surface area contributed by atoms with Crippen LogP contribution in [0.1, 0.15) is 37.4 Å². The van der Waals surface area contributed by atoms with Crippen molar-refractivity contribution in [3.63, 3.8) is 0 Å². The molecule has 25 heavy (non-hydrogen) atoms. The molecule has 4 nitrogen and oxygen atoms in total. The number of aromatic nitrogens is 1. The monoisotopic (exact) mass is 356 g/mol. The Hall–Kier alpha value is -1.62. The maximum absolute atomic E-state index is 6.00. The smallest absolute Gasteiger partial charge is 0.145 e. The van der Waals surface area contributed by atoms with Gasteiger partial charge in [0, 0.05) is 24.2 Å². The van der Waals surface area contributed by atoms with Crippen molar-refractivity contribution < 1.29 is 4.74 Å². The zero-order valence-electron chi connectivity index (χ0n) is 14.3. The molecule has 1 aliphatic heterocycles. The van der Waals surface area contributed by atoms with E-state index in [1.165, 1.54) is 25.8 Å². The highest BCUT2D eigenvalue weighted by Crippen LogP contribution is 2.29. The molecule has 0 amide bonds. The molecular weight excluding hydrogens is 334 g/mol. The van der Waals surface area contributed by atoms with Gasteiger partial charge in [0.2, 0.25) is 0 Å². The Kier molecular flexibility index (Phi) is 5.20. The average molecular weight is 357 g/mol. The van der Waals surface area contributed by atoms with Crippen LogP contribution in [0.15, 0.2) is 42.6 Å². The van der Waals surface area contributed by atoms with Crippen molar-refractivity contribution in [3.8, 4) is 11.5 Å². The summed E-state index contributed by atoms with van der Waals surface area (Å²) in [6, 6.07) is 12.3. The Bertz CT molecular complexity index is 702. The van der Waals surface area contributed by atoms with E-state index in [0.717, 1.165) is 42.7 Å². The predicted molar refractivity (Wildman–Crippen MR) is 99.3 cm³/mol. The number of pyridine rings is 1. The normalized spacial score (nSPS) is 22.2. The van der Waals surface area contributed by atoms with Gasteiger partial charge < -0.3 is 4.74 Å². The van der Waals surface area contributed by atoms with Gasteiger partial charge >= 0.3 is 0 Å². The van der Waals surface area contributed by atoms with Crippen LogP contribution in [-0.2, 0) is 0 Å². The topological polar surface area (TPSA) is 39.5 Å². The molecule has 1 saturated carbocycles. The highest BCUT2D eigenvalue weighted by atomic mass is 35.5. The first-order chi connectivity index (χ1) is 12.3. The Labute approximate surface area is 154 Å². The predicted octanol–water partition coefficient (Wildman–Crippen LogP) is 4.43. The molecule has 2 aliphatic rings. The molecule has 1 saturated heterocycles. The summed E-state index contributed by atoms with van der Waals surface area (Å²) in [5, 5.41) is 5.51. The van der Waals surface area contributed by atoms with Crippen molar-refractivity contribution in [2.45, 2.75) is 37.8 Å². The van der Waals surface area contributed by atoms with E-state index in [9.17, 15) is 0 Å². The molecule has 0 N–H and O–H groups in total. The summed E-state index contributed by atoms with van der Waals surface area (Å²) in [4.78, 5) is 7.24. The average Bonchev–Trinajstić information content (AvgIpc) is 2.80. The second-order valence-electron chi connectivity index (χ2n) is 6.83. The lowest BCUT2D eigenvalue weighted by Gasteiger charge is -2.37. The third-order valence-corrected chi connectivity index (χ3v) is 5.32. The molecule has 1 atom stereocenters. The van der Waals surface area contributed by atoms with Crippen molar-refractivity contribution in [1.29, 1.82) is 0 Å². The molecule has 2 aromatic rings. The van der Waals surface area contributed by atoms with Crippen LogP contribution in [0.2, 0.25) is 5.02 Å². The van der Waals surface area contributed by atoms with Crippen LogP contribution in [-0.4, -0.2) is 35.6 Å². The van der Waals surface area contributed by atoms with Crippen LogP contribution < -0.4 is 10.1 Å². The molecule has 0 bridgehead atoms. The van der Waals surface area contributed by atoms with Crippen molar-refractivity contribution in [2.75, 3.05) is 19.6 Å². The molecule has 1 radical (unpaired) electrons. The molecule has 2 heterocycles. The minimum Gasteiger partial charge on any atom is -0.456 e. The number of nitrogens with zero attached hydrogens (tertiary/aromatic N) is 3. The van der Waals surface area contributed by atoms with Crippen molar-refractivity contribution in [3.05, 3.63) is 53.3 Å². The van der Waals surface area contributed by atoms with E-state index in [1.54, 1.807) is 12.3 Å². The number of rotatable bonds is 4. The Morgan fingerprint density at radius 2 is 2.00 bits per heavy atom. The maximum Gasteiger partial charge on any atom is 0.145 e. The Morgan fingerprint density at radius 1 is 1.08 bits per heavy atom. The van der Waals surface area contributed by atoms with Gasteiger partial charge in [-0.25, -0.2) is 5.32 Å². The van der Waals surface area contributed by atoms with Crippen molar-refractivity contribution >= 4 is 11.6 Å². The van der Waals surface area contributed by atoms with Gasteiger partial charge in [-0.1, -0.05) is 24.1 Å². The van der Waals surface area contributed by atoms with Crippen molar-refractivity contribution in [2.24, 2.45) is 0 Å². The van der Waals surface area contributed by atoms with Gasteiger partial charge in [0.05, 0.1) is 17.9 Å². The number of hydrogen-bond donors (Lipinski definition) is 0. The molecule has 1 unspecified atom stereocenters. The van der Waals surface area contributed by atoms with Crippen LogP contribution >= 0.6 is 11.6 Å². The molecule has 1 aromatic carbocycles. The summed E-state index contributed by atoms with van der Waals surface area (Å²) in [5.41, 5.74) is 1.03. The molecule has 4 rings (SSSR count). The third kappa shape index (κ3) is 4.14. The lowest BCUT2D eigenvalue weighted by atomic mass is 9.91. The minimum atomic E-state index is 0.170. The fraction of sp³-hybridized carbons (Fsp3) is 0.450. The summed E-state index contributed by atoms with van der Waals surface area (Å²) in [6.07, 6.45) is 6.99. The zero-order chi connectivity index (χ0) is 17.1. The van der Waals surface area contributed by atoms with Crippen LogP contribution in [0.4, 0.5) is 0 Å². The number of hydrogen-bond acceptors (Lipinski definition) is 3. The fourth-order valence-electron chi connectivity index (χ4n) is 3.48. The molecule has 131 valence electrons. The van der Waals surface area contributed by atoms with Crippen LogP contribution in [0.3, 0.4) is 0 Å². The second-order valence-corrected chi connectivity index (χ2v) is 7.27. The van der Waals surface area contributed by atoms with E-state index >= 15 is 0 Å². The van der Waals surface area contributed by atoms with Gasteiger partial charge in [-0.15, -0.1) is 0 Å². The first-order valence-electron chi connectivity index (χ1n) is 9.08. The third-order valence-electron chi connectivity index (χ3n) is 5.08. The van der Waals surface area contributed by atoms with E-state index in [1.807, 2.05) is 30.3 Å². The zero-order valence-corrected chi connectivity index (χ0v) is 15.0. The molecule has 1 aliphatic carbocycles. The molecule has 5 heteroatoms. The fourth-order valence-corrected chi connectivity index (χ4v) is 3.66. The highest BCUT2D eigenvalue weighted by Gasteiger charge is 2.29.